The van der Waals surface area contributed by atoms with E-state index in [1.54, 1.807) is 13.8 Å². The lowest BCUT2D eigenvalue weighted by Crippen LogP contribution is -2.42. The van der Waals surface area contributed by atoms with Gasteiger partial charge in [-0.3, -0.25) is 15.2 Å². The van der Waals surface area contributed by atoms with Crippen molar-refractivity contribution in [3.63, 3.8) is 0 Å². The molecule has 6 nitrogen and oxygen atoms in total. The third-order valence-corrected chi connectivity index (χ3v) is 5.56. The van der Waals surface area contributed by atoms with Gasteiger partial charge in [0.05, 0.1) is 0 Å². The van der Waals surface area contributed by atoms with Crippen LogP contribution in [0.15, 0.2) is 24.3 Å². The molecule has 2 N–H and O–H groups in total. The number of benzene rings is 1. The smallest absolute Gasteiger partial charge is 0.270 e. The van der Waals surface area contributed by atoms with E-state index in [4.69, 9.17) is 27.9 Å². The average Bonchev–Trinajstić information content (AvgIpc) is 3.47. The van der Waals surface area contributed by atoms with E-state index in [0.29, 0.717) is 11.7 Å². The number of anilines is 1. The molecular formula is C18H20Cl2N4O2. The minimum Gasteiger partial charge on any atom is -0.478 e. The number of hydrogen-bond acceptors (Lipinski definition) is 4. The van der Waals surface area contributed by atoms with Crippen molar-refractivity contribution in [1.29, 1.82) is 0 Å². The Morgan fingerprint density at radius 2 is 1.96 bits per heavy atom. The van der Waals surface area contributed by atoms with E-state index in [1.165, 1.54) is 0 Å². The molecule has 0 saturated heterocycles. The number of rotatable bonds is 6. The van der Waals surface area contributed by atoms with Gasteiger partial charge in [0.1, 0.15) is 15.9 Å². The van der Waals surface area contributed by atoms with Crippen molar-refractivity contribution in [1.82, 2.24) is 15.2 Å². The Kier molecular flexibility index (Phi) is 4.15. The second kappa shape index (κ2) is 6.13. The van der Waals surface area contributed by atoms with E-state index in [1.807, 2.05) is 24.3 Å². The van der Waals surface area contributed by atoms with Crippen LogP contribution in [-0.2, 0) is 4.79 Å². The third-order valence-electron chi connectivity index (χ3n) is 4.72. The third kappa shape index (κ3) is 3.67. The summed E-state index contributed by atoms with van der Waals surface area (Å²) in [6.07, 6.45) is 2.98. The SMILES string of the molecule is CC(C)(Oc1ccc(C2CC2(Cl)Cl)cc1)C(=O)Nc1n[nH]c(C2CC2)n1. The molecule has 1 atom stereocenters. The van der Waals surface area contributed by atoms with Crippen molar-refractivity contribution in [3.8, 4) is 5.75 Å². The molecule has 26 heavy (non-hydrogen) atoms. The Hall–Kier alpha value is -1.79. The molecule has 2 saturated carbocycles. The summed E-state index contributed by atoms with van der Waals surface area (Å²) >= 11 is 12.2. The molecule has 4 rings (SSSR count). The first kappa shape index (κ1) is 17.6. The van der Waals surface area contributed by atoms with E-state index in [0.717, 1.165) is 30.7 Å². The van der Waals surface area contributed by atoms with Crippen LogP contribution in [0.4, 0.5) is 5.95 Å². The summed E-state index contributed by atoms with van der Waals surface area (Å²) in [5.74, 6) is 1.98. The summed E-state index contributed by atoms with van der Waals surface area (Å²) < 4.78 is 5.21. The fourth-order valence-corrected chi connectivity index (χ4v) is 3.37. The number of carbonyl (C=O) groups excluding carboxylic acids is 1. The number of alkyl halides is 2. The number of amides is 1. The van der Waals surface area contributed by atoms with Gasteiger partial charge < -0.3 is 4.74 Å². The molecule has 0 aliphatic heterocycles. The van der Waals surface area contributed by atoms with Gasteiger partial charge in [-0.1, -0.05) is 12.1 Å². The maximum atomic E-state index is 12.5. The Bertz CT molecular complexity index is 828. The zero-order valence-corrected chi connectivity index (χ0v) is 16.1. The second-order valence-corrected chi connectivity index (χ2v) is 9.01. The van der Waals surface area contributed by atoms with Gasteiger partial charge in [0.2, 0.25) is 5.95 Å². The lowest BCUT2D eigenvalue weighted by atomic mass is 10.1. The highest BCUT2D eigenvalue weighted by molar-refractivity contribution is 6.51. The van der Waals surface area contributed by atoms with Crippen LogP contribution in [0.2, 0.25) is 0 Å². The molecule has 1 unspecified atom stereocenters. The van der Waals surface area contributed by atoms with Crippen LogP contribution in [0.25, 0.3) is 0 Å². The van der Waals surface area contributed by atoms with E-state index in [9.17, 15) is 4.79 Å². The number of ether oxygens (including phenoxy) is 1. The molecule has 2 aliphatic rings. The molecule has 1 aromatic carbocycles. The van der Waals surface area contributed by atoms with Crippen molar-refractivity contribution < 1.29 is 9.53 Å². The largest absolute Gasteiger partial charge is 0.478 e. The van der Waals surface area contributed by atoms with Crippen LogP contribution >= 0.6 is 23.2 Å². The highest BCUT2D eigenvalue weighted by atomic mass is 35.5. The second-order valence-electron chi connectivity index (χ2n) is 7.47. The standard InChI is InChI=1S/C18H20Cl2N4O2/c1-17(2,15(25)22-16-21-14(23-24-16)11-3-4-11)26-12-7-5-10(6-8-12)13-9-18(13,19)20/h5-8,11,13H,3-4,9H2,1-2H3,(H2,21,22,23,24,25). The zero-order chi connectivity index (χ0) is 18.5. The van der Waals surface area contributed by atoms with Crippen molar-refractivity contribution in [2.45, 2.75) is 54.9 Å². The van der Waals surface area contributed by atoms with Crippen LogP contribution in [0.5, 0.6) is 5.75 Å². The summed E-state index contributed by atoms with van der Waals surface area (Å²) in [4.78, 5) is 16.8. The maximum Gasteiger partial charge on any atom is 0.270 e. The van der Waals surface area contributed by atoms with Gasteiger partial charge in [0.25, 0.3) is 5.91 Å². The lowest BCUT2D eigenvalue weighted by molar-refractivity contribution is -0.128. The molecule has 138 valence electrons. The minimum atomic E-state index is -1.08. The van der Waals surface area contributed by atoms with Gasteiger partial charge >= 0.3 is 0 Å². The van der Waals surface area contributed by atoms with Gasteiger partial charge in [-0.05, 0) is 50.8 Å². The Morgan fingerprint density at radius 3 is 2.54 bits per heavy atom. The predicted molar refractivity (Wildman–Crippen MR) is 99.9 cm³/mol. The van der Waals surface area contributed by atoms with E-state index < -0.39 is 9.93 Å². The molecule has 2 aliphatic carbocycles. The van der Waals surface area contributed by atoms with Gasteiger partial charge in [-0.25, -0.2) is 0 Å². The van der Waals surface area contributed by atoms with E-state index in [-0.39, 0.29) is 17.8 Å². The molecule has 8 heteroatoms. The number of nitrogens with zero attached hydrogens (tertiary/aromatic N) is 2. The normalized spacial score (nSPS) is 21.3. The first-order valence-corrected chi connectivity index (χ1v) is 9.41. The quantitative estimate of drug-likeness (QED) is 0.721. The molecule has 0 radical (unpaired) electrons. The number of H-pyrrole nitrogens is 1. The van der Waals surface area contributed by atoms with Crippen LogP contribution in [0.3, 0.4) is 0 Å². The fourth-order valence-electron chi connectivity index (χ4n) is 2.81. The molecular weight excluding hydrogens is 375 g/mol. The van der Waals surface area contributed by atoms with Gasteiger partial charge in [0.15, 0.2) is 5.60 Å². The molecule has 2 fully saturated rings. The van der Waals surface area contributed by atoms with Gasteiger partial charge in [-0.15, -0.1) is 28.3 Å². The molecule has 1 amide bonds. The maximum absolute atomic E-state index is 12.5. The zero-order valence-electron chi connectivity index (χ0n) is 14.6. The molecule has 1 heterocycles. The highest BCUT2D eigenvalue weighted by Gasteiger charge is 2.52. The summed E-state index contributed by atoms with van der Waals surface area (Å²) in [7, 11) is 0. The summed E-state index contributed by atoms with van der Waals surface area (Å²) in [5, 5.41) is 9.61. The molecule has 0 bridgehead atoms. The minimum absolute atomic E-state index is 0.155. The topological polar surface area (TPSA) is 79.9 Å². The average molecular weight is 395 g/mol. The number of halogens is 2. The van der Waals surface area contributed by atoms with Crippen molar-refractivity contribution >= 4 is 35.1 Å². The summed E-state index contributed by atoms with van der Waals surface area (Å²) in [6.45, 7) is 3.41. The monoisotopic (exact) mass is 394 g/mol. The lowest BCUT2D eigenvalue weighted by Gasteiger charge is -2.24. The highest BCUT2D eigenvalue weighted by Crippen LogP contribution is 2.59. The van der Waals surface area contributed by atoms with Crippen LogP contribution in [-0.4, -0.2) is 31.0 Å². The van der Waals surface area contributed by atoms with Crippen molar-refractivity contribution in [2.75, 3.05) is 5.32 Å². The fraction of sp³-hybridized carbons (Fsp3) is 0.500. The molecule has 2 aromatic rings. The van der Waals surface area contributed by atoms with Crippen LogP contribution in [0, 0.1) is 0 Å². The Morgan fingerprint density at radius 1 is 1.31 bits per heavy atom. The number of nitrogens with one attached hydrogen (secondary N) is 2. The van der Waals surface area contributed by atoms with Gasteiger partial charge in [-0.2, -0.15) is 4.98 Å². The van der Waals surface area contributed by atoms with Crippen LogP contribution < -0.4 is 10.1 Å². The number of carbonyl (C=O) groups is 1. The molecule has 1 aromatic heterocycles. The summed E-state index contributed by atoms with van der Waals surface area (Å²) in [5.41, 5.74) is -0.0116. The van der Waals surface area contributed by atoms with Crippen molar-refractivity contribution in [3.05, 3.63) is 35.7 Å². The summed E-state index contributed by atoms with van der Waals surface area (Å²) in [6, 6.07) is 7.50. The Labute approximate surface area is 161 Å². The molecule has 0 spiro atoms. The van der Waals surface area contributed by atoms with E-state index >= 15 is 0 Å². The van der Waals surface area contributed by atoms with Crippen molar-refractivity contribution in [2.24, 2.45) is 0 Å². The number of hydrogen-bond donors (Lipinski definition) is 2. The first-order chi connectivity index (χ1) is 12.2. The first-order valence-electron chi connectivity index (χ1n) is 8.65. The van der Waals surface area contributed by atoms with Crippen LogP contribution in [0.1, 0.15) is 56.3 Å². The Balaban J connectivity index is 1.38. The predicted octanol–water partition coefficient (Wildman–Crippen LogP) is 4.14. The van der Waals surface area contributed by atoms with E-state index in [2.05, 4.69) is 20.5 Å². The van der Waals surface area contributed by atoms with Gasteiger partial charge in [0, 0.05) is 11.8 Å². The number of aromatic nitrogens is 3. The number of aromatic amines is 1.